The van der Waals surface area contributed by atoms with Crippen LogP contribution in [0.15, 0.2) is 72.3 Å². The Morgan fingerprint density at radius 3 is 2.63 bits per heavy atom. The number of amides is 2. The first-order valence-corrected chi connectivity index (χ1v) is 11.9. The second-order valence-electron chi connectivity index (χ2n) is 8.28. The van der Waals surface area contributed by atoms with Crippen LogP contribution in [0, 0.1) is 0 Å². The summed E-state index contributed by atoms with van der Waals surface area (Å²) in [6.07, 6.45) is 2.48. The Hall–Kier alpha value is -3.68. The van der Waals surface area contributed by atoms with E-state index < -0.39 is 11.8 Å². The summed E-state index contributed by atoms with van der Waals surface area (Å²) in [6, 6.07) is 20.8. The third kappa shape index (κ3) is 4.40. The van der Waals surface area contributed by atoms with Crippen LogP contribution in [-0.2, 0) is 22.6 Å². The molecule has 0 radical (unpaired) electrons. The number of anilines is 2. The number of ether oxygens (including phenoxy) is 1. The molecule has 3 aromatic rings. The van der Waals surface area contributed by atoms with E-state index >= 15 is 0 Å². The average molecular weight is 504 g/mol. The summed E-state index contributed by atoms with van der Waals surface area (Å²) in [4.78, 5) is 29.7. The molecular formula is C27H22ClN3O3S. The molecule has 2 aliphatic heterocycles. The number of benzene rings is 3. The van der Waals surface area contributed by atoms with Crippen molar-refractivity contribution in [3.63, 3.8) is 0 Å². The van der Waals surface area contributed by atoms with E-state index in [-0.39, 0.29) is 10.7 Å². The molecule has 6 nitrogen and oxygen atoms in total. The van der Waals surface area contributed by atoms with E-state index in [4.69, 9.17) is 28.6 Å². The van der Waals surface area contributed by atoms with E-state index in [1.807, 2.05) is 42.5 Å². The van der Waals surface area contributed by atoms with E-state index in [0.717, 1.165) is 46.9 Å². The Kier molecular flexibility index (Phi) is 6.28. The monoisotopic (exact) mass is 503 g/mol. The Bertz CT molecular complexity index is 1390. The second kappa shape index (κ2) is 9.52. The SMILES string of the molecule is COc1ccccc1N1C(=O)C(=Cc2ccc3c(c2)CCN3Cc2ccccc2Cl)C(=O)NC1=S. The zero-order valence-electron chi connectivity index (χ0n) is 19.0. The normalized spacial score (nSPS) is 16.5. The molecule has 0 unspecified atom stereocenters. The predicted molar refractivity (Wildman–Crippen MR) is 142 cm³/mol. The fraction of sp³-hybridized carbons (Fsp3) is 0.148. The molecule has 2 aliphatic rings. The van der Waals surface area contributed by atoms with Crippen LogP contribution in [0.5, 0.6) is 5.75 Å². The maximum atomic E-state index is 13.4. The van der Waals surface area contributed by atoms with Crippen molar-refractivity contribution in [2.45, 2.75) is 13.0 Å². The third-order valence-corrected chi connectivity index (χ3v) is 6.81. The molecule has 1 N–H and O–H groups in total. The lowest BCUT2D eigenvalue weighted by Gasteiger charge is -2.29. The van der Waals surface area contributed by atoms with Crippen molar-refractivity contribution in [1.82, 2.24) is 5.32 Å². The number of thiocarbonyl (C=S) groups is 1. The van der Waals surface area contributed by atoms with Gasteiger partial charge in [0.2, 0.25) is 0 Å². The van der Waals surface area contributed by atoms with Crippen molar-refractivity contribution in [3.05, 3.63) is 94.0 Å². The lowest BCUT2D eigenvalue weighted by atomic mass is 10.0. The molecule has 5 rings (SSSR count). The van der Waals surface area contributed by atoms with Crippen LogP contribution in [-0.4, -0.2) is 30.6 Å². The van der Waals surface area contributed by atoms with E-state index in [9.17, 15) is 9.59 Å². The number of carbonyl (C=O) groups is 2. The van der Waals surface area contributed by atoms with Gasteiger partial charge in [0.05, 0.1) is 12.8 Å². The zero-order valence-corrected chi connectivity index (χ0v) is 20.5. The summed E-state index contributed by atoms with van der Waals surface area (Å²) in [6.45, 7) is 1.59. The van der Waals surface area contributed by atoms with Gasteiger partial charge in [-0.1, -0.05) is 48.0 Å². The van der Waals surface area contributed by atoms with Crippen molar-refractivity contribution in [2.24, 2.45) is 0 Å². The zero-order chi connectivity index (χ0) is 24.5. The standard InChI is InChI=1S/C27H22ClN3O3S/c1-34-24-9-5-4-8-23(24)31-26(33)20(25(32)29-27(31)35)15-17-10-11-22-18(14-17)12-13-30(22)16-19-6-2-3-7-21(19)28/h2-11,14-15H,12-13,16H2,1H3,(H,29,32,35). The van der Waals surface area contributed by atoms with Crippen LogP contribution in [0.4, 0.5) is 11.4 Å². The molecule has 0 aromatic heterocycles. The Morgan fingerprint density at radius 1 is 1.06 bits per heavy atom. The Balaban J connectivity index is 1.43. The molecule has 0 atom stereocenters. The highest BCUT2D eigenvalue weighted by Gasteiger charge is 2.35. The first-order chi connectivity index (χ1) is 17.0. The summed E-state index contributed by atoms with van der Waals surface area (Å²) in [7, 11) is 1.52. The largest absolute Gasteiger partial charge is 0.495 e. The van der Waals surface area contributed by atoms with Gasteiger partial charge in [-0.3, -0.25) is 14.9 Å². The van der Waals surface area contributed by atoms with Gasteiger partial charge < -0.3 is 9.64 Å². The molecule has 8 heteroatoms. The molecule has 1 saturated heterocycles. The van der Waals surface area contributed by atoms with E-state index in [0.29, 0.717) is 11.4 Å². The van der Waals surface area contributed by atoms with Crippen LogP contribution in [0.3, 0.4) is 0 Å². The van der Waals surface area contributed by atoms with Crippen molar-refractivity contribution >= 4 is 58.2 Å². The minimum atomic E-state index is -0.521. The summed E-state index contributed by atoms with van der Waals surface area (Å²) in [5.74, 6) is -0.536. The molecule has 176 valence electrons. The minimum absolute atomic E-state index is 0.00961. The van der Waals surface area contributed by atoms with E-state index in [1.54, 1.807) is 30.3 Å². The quantitative estimate of drug-likeness (QED) is 0.309. The van der Waals surface area contributed by atoms with Gasteiger partial charge in [-0.2, -0.15) is 0 Å². The highest BCUT2D eigenvalue weighted by Crippen LogP contribution is 2.33. The molecule has 0 aliphatic carbocycles. The molecule has 2 amide bonds. The molecular weight excluding hydrogens is 482 g/mol. The molecule has 2 heterocycles. The number of hydrogen-bond donors (Lipinski definition) is 1. The number of carbonyl (C=O) groups excluding carboxylic acids is 2. The lowest BCUT2D eigenvalue weighted by molar-refractivity contribution is -0.122. The van der Waals surface area contributed by atoms with E-state index in [2.05, 4.69) is 10.2 Å². The van der Waals surface area contributed by atoms with Crippen molar-refractivity contribution in [3.8, 4) is 5.75 Å². The van der Waals surface area contributed by atoms with Crippen LogP contribution < -0.4 is 19.9 Å². The van der Waals surface area contributed by atoms with Gasteiger partial charge in [-0.25, -0.2) is 4.90 Å². The Labute approximate surface area is 213 Å². The van der Waals surface area contributed by atoms with Crippen molar-refractivity contribution < 1.29 is 14.3 Å². The fourth-order valence-electron chi connectivity index (χ4n) is 4.43. The van der Waals surface area contributed by atoms with Gasteiger partial charge in [0, 0.05) is 23.8 Å². The second-order valence-corrected chi connectivity index (χ2v) is 9.07. The number of nitrogens with zero attached hydrogens (tertiary/aromatic N) is 2. The van der Waals surface area contributed by atoms with Gasteiger partial charge in [-0.15, -0.1) is 0 Å². The molecule has 0 saturated carbocycles. The van der Waals surface area contributed by atoms with Gasteiger partial charge in [0.25, 0.3) is 11.8 Å². The first kappa shape index (κ1) is 23.1. The fourth-order valence-corrected chi connectivity index (χ4v) is 4.90. The van der Waals surface area contributed by atoms with Gasteiger partial charge in [0.1, 0.15) is 11.3 Å². The number of halogens is 1. The summed E-state index contributed by atoms with van der Waals surface area (Å²) < 4.78 is 5.39. The predicted octanol–water partition coefficient (Wildman–Crippen LogP) is 4.74. The van der Waals surface area contributed by atoms with Gasteiger partial charge in [0.15, 0.2) is 5.11 Å². The number of rotatable bonds is 5. The smallest absolute Gasteiger partial charge is 0.270 e. The number of fused-ring (bicyclic) bond motifs is 1. The van der Waals surface area contributed by atoms with Crippen molar-refractivity contribution in [2.75, 3.05) is 23.5 Å². The highest BCUT2D eigenvalue weighted by molar-refractivity contribution is 7.80. The highest BCUT2D eigenvalue weighted by atomic mass is 35.5. The van der Waals surface area contributed by atoms with Gasteiger partial charge in [-0.05, 0) is 71.7 Å². The van der Waals surface area contributed by atoms with Crippen LogP contribution in [0.1, 0.15) is 16.7 Å². The Morgan fingerprint density at radius 2 is 1.83 bits per heavy atom. The number of nitrogens with one attached hydrogen (secondary N) is 1. The maximum absolute atomic E-state index is 13.4. The van der Waals surface area contributed by atoms with Crippen molar-refractivity contribution in [1.29, 1.82) is 0 Å². The maximum Gasteiger partial charge on any atom is 0.270 e. The van der Waals surface area contributed by atoms with Crippen LogP contribution in [0.25, 0.3) is 6.08 Å². The van der Waals surface area contributed by atoms with Crippen LogP contribution >= 0.6 is 23.8 Å². The molecule has 0 spiro atoms. The molecule has 35 heavy (non-hydrogen) atoms. The van der Waals surface area contributed by atoms with Crippen LogP contribution in [0.2, 0.25) is 5.02 Å². The van der Waals surface area contributed by atoms with Gasteiger partial charge >= 0.3 is 0 Å². The first-order valence-electron chi connectivity index (χ1n) is 11.1. The lowest BCUT2D eigenvalue weighted by Crippen LogP contribution is -2.54. The third-order valence-electron chi connectivity index (χ3n) is 6.15. The number of methoxy groups -OCH3 is 1. The summed E-state index contributed by atoms with van der Waals surface area (Å²) >= 11 is 11.7. The summed E-state index contributed by atoms with van der Waals surface area (Å²) in [5.41, 5.74) is 4.62. The number of para-hydroxylation sites is 2. The number of hydrogen-bond acceptors (Lipinski definition) is 5. The minimum Gasteiger partial charge on any atom is -0.495 e. The topological polar surface area (TPSA) is 61.9 Å². The molecule has 1 fully saturated rings. The van der Waals surface area contributed by atoms with E-state index in [1.165, 1.54) is 12.0 Å². The molecule has 0 bridgehead atoms. The molecule has 3 aromatic carbocycles. The summed E-state index contributed by atoms with van der Waals surface area (Å²) in [5, 5.41) is 3.40. The average Bonchev–Trinajstić information content (AvgIpc) is 3.25.